The third-order valence-corrected chi connectivity index (χ3v) is 7.81. The van der Waals surface area contributed by atoms with E-state index in [1.54, 1.807) is 12.1 Å². The number of nitrogens with one attached hydrogen (secondary N) is 1. The Kier molecular flexibility index (Phi) is 7.83. The van der Waals surface area contributed by atoms with Crippen LogP contribution in [0.15, 0.2) is 42.5 Å². The third kappa shape index (κ3) is 5.71. The molecule has 1 atom stereocenters. The smallest absolute Gasteiger partial charge is 0.336 e. The molecule has 1 amide bonds. The number of carbonyl (C=O) groups is 2. The number of ether oxygens (including phenoxy) is 2. The first-order chi connectivity index (χ1) is 14.8. The standard InChI is InChI=1S/C22H23F2NO4S2/c1-22(21(27)28-2,17-12-15(23)6-9-18(17)24)25-19(26)13-29-16-7-4-14(5-8-16)20-30-10-3-11-31-20/h4-9,12,20H,3,10-11,13H2,1-2H3,(H,25,26)/t22-/m1/s1. The molecular weight excluding hydrogens is 444 g/mol. The van der Waals surface area contributed by atoms with Gasteiger partial charge < -0.3 is 14.8 Å². The molecule has 5 nitrogen and oxygen atoms in total. The minimum atomic E-state index is -1.92. The van der Waals surface area contributed by atoms with Crippen LogP contribution in [0.3, 0.4) is 0 Å². The quantitative estimate of drug-likeness (QED) is 0.609. The predicted molar refractivity (Wildman–Crippen MR) is 118 cm³/mol. The van der Waals surface area contributed by atoms with Crippen molar-refractivity contribution in [3.05, 3.63) is 65.2 Å². The first kappa shape index (κ1) is 23.4. The number of methoxy groups -OCH3 is 1. The second-order valence-electron chi connectivity index (χ2n) is 7.07. The first-order valence-electron chi connectivity index (χ1n) is 9.64. The first-order valence-corrected chi connectivity index (χ1v) is 11.7. The lowest BCUT2D eigenvalue weighted by molar-refractivity contribution is -0.151. The molecule has 1 fully saturated rings. The maximum absolute atomic E-state index is 14.3. The van der Waals surface area contributed by atoms with Crippen molar-refractivity contribution in [3.63, 3.8) is 0 Å². The number of esters is 1. The van der Waals surface area contributed by atoms with Gasteiger partial charge in [-0.2, -0.15) is 0 Å². The molecule has 9 heteroatoms. The van der Waals surface area contributed by atoms with E-state index < -0.39 is 35.7 Å². The molecular formula is C22H23F2NO4S2. The maximum Gasteiger partial charge on any atom is 0.336 e. The van der Waals surface area contributed by atoms with Gasteiger partial charge >= 0.3 is 5.97 Å². The Morgan fingerprint density at radius 1 is 1.13 bits per heavy atom. The van der Waals surface area contributed by atoms with Crippen LogP contribution < -0.4 is 10.1 Å². The second-order valence-corrected chi connectivity index (χ2v) is 9.80. The highest BCUT2D eigenvalue weighted by molar-refractivity contribution is 8.16. The van der Waals surface area contributed by atoms with E-state index >= 15 is 0 Å². The molecule has 31 heavy (non-hydrogen) atoms. The Morgan fingerprint density at radius 2 is 1.81 bits per heavy atom. The predicted octanol–water partition coefficient (Wildman–Crippen LogP) is 4.42. The lowest BCUT2D eigenvalue weighted by Crippen LogP contribution is -2.52. The largest absolute Gasteiger partial charge is 0.484 e. The Bertz CT molecular complexity index is 936. The molecule has 1 N–H and O–H groups in total. The summed E-state index contributed by atoms with van der Waals surface area (Å²) in [7, 11) is 1.10. The van der Waals surface area contributed by atoms with E-state index in [0.717, 1.165) is 36.8 Å². The van der Waals surface area contributed by atoms with E-state index in [4.69, 9.17) is 9.47 Å². The number of hydrogen-bond acceptors (Lipinski definition) is 6. The summed E-state index contributed by atoms with van der Waals surface area (Å²) in [5, 5.41) is 2.41. The lowest BCUT2D eigenvalue weighted by Gasteiger charge is -2.28. The number of carbonyl (C=O) groups excluding carboxylic acids is 2. The molecule has 0 aliphatic carbocycles. The minimum Gasteiger partial charge on any atom is -0.484 e. The topological polar surface area (TPSA) is 64.6 Å². The van der Waals surface area contributed by atoms with Gasteiger partial charge in [-0.1, -0.05) is 12.1 Å². The average molecular weight is 468 g/mol. The van der Waals surface area contributed by atoms with Crippen molar-refractivity contribution in [1.82, 2.24) is 5.32 Å². The van der Waals surface area contributed by atoms with Crippen LogP contribution >= 0.6 is 23.5 Å². The van der Waals surface area contributed by atoms with Crippen LogP contribution in [0.4, 0.5) is 8.78 Å². The van der Waals surface area contributed by atoms with Gasteiger partial charge in [-0.25, -0.2) is 13.6 Å². The molecule has 1 heterocycles. The number of benzene rings is 2. The molecule has 1 aliphatic heterocycles. The average Bonchev–Trinajstić information content (AvgIpc) is 2.79. The monoisotopic (exact) mass is 467 g/mol. The van der Waals surface area contributed by atoms with Gasteiger partial charge in [0.05, 0.1) is 11.7 Å². The van der Waals surface area contributed by atoms with Crippen molar-refractivity contribution >= 4 is 35.4 Å². The van der Waals surface area contributed by atoms with E-state index in [1.807, 2.05) is 35.7 Å². The zero-order valence-corrected chi connectivity index (χ0v) is 18.8. The summed E-state index contributed by atoms with van der Waals surface area (Å²) in [6.45, 7) is 0.846. The highest BCUT2D eigenvalue weighted by Gasteiger charge is 2.40. The van der Waals surface area contributed by atoms with Crippen LogP contribution in [0.25, 0.3) is 0 Å². The lowest BCUT2D eigenvalue weighted by atomic mass is 9.91. The number of rotatable bonds is 7. The molecule has 2 aromatic rings. The van der Waals surface area contributed by atoms with E-state index in [1.165, 1.54) is 18.9 Å². The van der Waals surface area contributed by atoms with Crippen molar-refractivity contribution < 1.29 is 27.8 Å². The summed E-state index contributed by atoms with van der Waals surface area (Å²) in [5.41, 5.74) is -1.06. The summed E-state index contributed by atoms with van der Waals surface area (Å²) >= 11 is 3.82. The molecule has 0 unspecified atom stereocenters. The molecule has 1 aliphatic rings. The fourth-order valence-corrected chi connectivity index (χ4v) is 6.07. The van der Waals surface area contributed by atoms with E-state index in [9.17, 15) is 18.4 Å². The molecule has 0 radical (unpaired) electrons. The number of hydrogen-bond donors (Lipinski definition) is 1. The SMILES string of the molecule is COC(=O)[C@](C)(NC(=O)COc1ccc(C2SCCCS2)cc1)c1cc(F)ccc1F. The van der Waals surface area contributed by atoms with Crippen molar-refractivity contribution in [1.29, 1.82) is 0 Å². The Hall–Kier alpha value is -2.26. The van der Waals surface area contributed by atoms with Gasteiger partial charge in [0, 0.05) is 5.56 Å². The molecule has 0 saturated carbocycles. The summed E-state index contributed by atoms with van der Waals surface area (Å²) in [4.78, 5) is 24.8. The summed E-state index contributed by atoms with van der Waals surface area (Å²) in [6, 6.07) is 10.2. The Balaban J connectivity index is 1.66. The Labute approximate surface area is 188 Å². The van der Waals surface area contributed by atoms with Gasteiger partial charge in [-0.05, 0) is 60.7 Å². The van der Waals surface area contributed by atoms with E-state index in [-0.39, 0.29) is 5.56 Å². The Morgan fingerprint density at radius 3 is 2.45 bits per heavy atom. The fourth-order valence-electron chi connectivity index (χ4n) is 3.18. The van der Waals surface area contributed by atoms with E-state index in [0.29, 0.717) is 10.3 Å². The molecule has 0 spiro atoms. The van der Waals surface area contributed by atoms with Gasteiger partial charge in [0.15, 0.2) is 12.1 Å². The van der Waals surface area contributed by atoms with Gasteiger partial charge in [-0.3, -0.25) is 4.79 Å². The molecule has 166 valence electrons. The van der Waals surface area contributed by atoms with Crippen molar-refractivity contribution in [2.75, 3.05) is 25.2 Å². The van der Waals surface area contributed by atoms with Crippen LogP contribution in [-0.4, -0.2) is 37.1 Å². The van der Waals surface area contributed by atoms with Crippen LogP contribution in [0.2, 0.25) is 0 Å². The second kappa shape index (κ2) is 10.4. The molecule has 2 aromatic carbocycles. The zero-order valence-electron chi connectivity index (χ0n) is 17.2. The molecule has 0 bridgehead atoms. The van der Waals surface area contributed by atoms with Gasteiger partial charge in [0.2, 0.25) is 0 Å². The number of halogens is 2. The van der Waals surface area contributed by atoms with Crippen molar-refractivity contribution in [2.45, 2.75) is 23.5 Å². The molecule has 1 saturated heterocycles. The van der Waals surface area contributed by atoms with Crippen LogP contribution in [0.5, 0.6) is 5.75 Å². The molecule has 3 rings (SSSR count). The third-order valence-electron chi connectivity index (χ3n) is 4.80. The van der Waals surface area contributed by atoms with Gasteiger partial charge in [0.1, 0.15) is 17.4 Å². The highest BCUT2D eigenvalue weighted by Crippen LogP contribution is 2.43. The number of amides is 1. The summed E-state index contributed by atoms with van der Waals surface area (Å²) in [5.74, 6) is -0.435. The maximum atomic E-state index is 14.3. The van der Waals surface area contributed by atoms with E-state index in [2.05, 4.69) is 5.32 Å². The minimum absolute atomic E-state index is 0.334. The molecule has 0 aromatic heterocycles. The van der Waals surface area contributed by atoms with Crippen LogP contribution in [0, 0.1) is 11.6 Å². The highest BCUT2D eigenvalue weighted by atomic mass is 32.2. The zero-order chi connectivity index (χ0) is 22.4. The van der Waals surface area contributed by atoms with Crippen LogP contribution in [0.1, 0.15) is 29.1 Å². The normalized spacial score (nSPS) is 16.3. The van der Waals surface area contributed by atoms with Gasteiger partial charge in [-0.15, -0.1) is 23.5 Å². The summed E-state index contributed by atoms with van der Waals surface area (Å²) < 4.78 is 38.6. The van der Waals surface area contributed by atoms with Gasteiger partial charge in [0.25, 0.3) is 5.91 Å². The van der Waals surface area contributed by atoms with Crippen molar-refractivity contribution in [3.8, 4) is 5.75 Å². The summed E-state index contributed by atoms with van der Waals surface area (Å²) in [6.07, 6.45) is 1.21. The number of thioether (sulfide) groups is 2. The van der Waals surface area contributed by atoms with Crippen LogP contribution in [-0.2, 0) is 19.9 Å². The van der Waals surface area contributed by atoms with Crippen molar-refractivity contribution in [2.24, 2.45) is 0 Å². The fraction of sp³-hybridized carbons (Fsp3) is 0.364.